The van der Waals surface area contributed by atoms with E-state index in [9.17, 15) is 43.3 Å². The molecule has 7 amide bonds. The van der Waals surface area contributed by atoms with Crippen molar-refractivity contribution in [1.82, 2.24) is 40.9 Å². The summed E-state index contributed by atoms with van der Waals surface area (Å²) in [7, 11) is 5.78. The van der Waals surface area contributed by atoms with Gasteiger partial charge in [0.1, 0.15) is 48.1 Å². The van der Waals surface area contributed by atoms with Crippen LogP contribution in [0.2, 0.25) is 0 Å². The number of ether oxygens (including phenoxy) is 1. The Kier molecular flexibility index (Phi) is 24.3. The van der Waals surface area contributed by atoms with Crippen LogP contribution in [0.5, 0.6) is 0 Å². The minimum atomic E-state index is -1.47. The van der Waals surface area contributed by atoms with Crippen LogP contribution in [-0.2, 0) is 49.5 Å². The molecule has 1 saturated heterocycles. The fraction of sp³-hybridized carbons (Fsp3) is 0.696. The van der Waals surface area contributed by atoms with Crippen molar-refractivity contribution in [3.05, 3.63) is 40.8 Å². The van der Waals surface area contributed by atoms with Crippen molar-refractivity contribution in [3.8, 4) is 0 Å². The molecule has 370 valence electrons. The highest BCUT2D eigenvalue weighted by atomic mass is 127. The summed E-state index contributed by atoms with van der Waals surface area (Å²) >= 11 is 2.28. The van der Waals surface area contributed by atoms with E-state index in [4.69, 9.17) is 4.74 Å². The third-order valence-corrected chi connectivity index (χ3v) is 12.1. The van der Waals surface area contributed by atoms with Crippen LogP contribution in [0.4, 0.5) is 0 Å². The molecule has 66 heavy (non-hydrogen) atoms. The number of carbonyl (C=O) groups excluding carboxylic acids is 8. The van der Waals surface area contributed by atoms with Crippen molar-refractivity contribution in [1.29, 1.82) is 0 Å². The molecule has 0 aliphatic carbocycles. The fourth-order valence-corrected chi connectivity index (χ4v) is 7.70. The number of nitrogens with zero attached hydrogens (tertiary/aromatic N) is 5. The van der Waals surface area contributed by atoms with Crippen molar-refractivity contribution >= 4 is 69.7 Å². The number of nitrogens with one attached hydrogen (secondary N) is 4. The topological polar surface area (TPSA) is 236 Å². The number of hydrogen-bond donors (Lipinski definition) is 4. The van der Waals surface area contributed by atoms with Gasteiger partial charge in [-0.2, -0.15) is 4.91 Å². The molecule has 1 fully saturated rings. The second-order valence-corrected chi connectivity index (χ2v) is 19.7. The van der Waals surface area contributed by atoms with Crippen molar-refractivity contribution in [2.75, 3.05) is 58.9 Å². The molecular formula is C46H74IN9O10. The molecule has 0 spiro atoms. The summed E-state index contributed by atoms with van der Waals surface area (Å²) < 4.78 is 6.97. The highest BCUT2D eigenvalue weighted by molar-refractivity contribution is 14.1. The molecule has 19 nitrogen and oxygen atoms in total. The van der Waals surface area contributed by atoms with E-state index in [1.165, 1.54) is 44.8 Å². The van der Waals surface area contributed by atoms with Gasteiger partial charge in [-0.15, -0.1) is 0 Å². The van der Waals surface area contributed by atoms with Gasteiger partial charge in [-0.25, -0.2) is 0 Å². The highest BCUT2D eigenvalue weighted by Gasteiger charge is 2.40. The molecule has 0 saturated carbocycles. The normalized spacial score (nSPS) is 24.1. The molecule has 1 heterocycles. The Morgan fingerprint density at radius 2 is 1.48 bits per heavy atom. The van der Waals surface area contributed by atoms with Crippen LogP contribution in [0, 0.1) is 10.8 Å². The summed E-state index contributed by atoms with van der Waals surface area (Å²) in [5.74, 6) is -5.31. The third-order valence-electron chi connectivity index (χ3n) is 11.4. The first-order valence-corrected chi connectivity index (χ1v) is 24.2. The number of benzene rings is 1. The predicted octanol–water partition coefficient (Wildman–Crippen LogP) is 2.22. The van der Waals surface area contributed by atoms with E-state index in [2.05, 4.69) is 49.0 Å². The summed E-state index contributed by atoms with van der Waals surface area (Å²) in [5, 5.41) is 13.9. The molecule has 1 aliphatic heterocycles. The number of amides is 7. The highest BCUT2D eigenvalue weighted by Crippen LogP contribution is 2.19. The molecule has 0 aromatic heterocycles. The number of Topliss-reactive ketones (excluding diaryl/α,β-unsaturated/α-hetero) is 1. The molecule has 4 N–H and O–H groups in total. The van der Waals surface area contributed by atoms with E-state index >= 15 is 0 Å². The number of hydrogen-bond acceptors (Lipinski definition) is 12. The largest absolute Gasteiger partial charge is 0.373 e. The first-order chi connectivity index (χ1) is 30.9. The third kappa shape index (κ3) is 19.0. The second-order valence-electron chi connectivity index (χ2n) is 18.6. The van der Waals surface area contributed by atoms with E-state index in [0.29, 0.717) is 18.5 Å². The minimum absolute atomic E-state index is 0.0113. The zero-order chi connectivity index (χ0) is 49.9. The van der Waals surface area contributed by atoms with Crippen LogP contribution in [0.25, 0.3) is 0 Å². The van der Waals surface area contributed by atoms with E-state index in [1.54, 1.807) is 63.1 Å². The maximum atomic E-state index is 14.9. The number of rotatable bonds is 14. The van der Waals surface area contributed by atoms with E-state index < -0.39 is 101 Å². The van der Waals surface area contributed by atoms with Gasteiger partial charge in [0.25, 0.3) is 0 Å². The smallest absolute Gasteiger partial charge is 0.247 e. The molecule has 3 unspecified atom stereocenters. The lowest BCUT2D eigenvalue weighted by molar-refractivity contribution is -0.151. The number of alkyl halides is 1. The van der Waals surface area contributed by atoms with Gasteiger partial charge in [-0.3, -0.25) is 43.3 Å². The van der Waals surface area contributed by atoms with Gasteiger partial charge in [0.05, 0.1) is 18.8 Å². The molecule has 1 aliphatic rings. The number of likely N-dealkylation sites (N-methyl/N-ethyl adjacent to an activating group) is 4. The van der Waals surface area contributed by atoms with Crippen LogP contribution in [0.3, 0.4) is 0 Å². The van der Waals surface area contributed by atoms with Gasteiger partial charge < -0.3 is 40.7 Å². The number of ketones is 1. The number of unbranched alkanes of at least 4 members (excludes halogenated alkanes) is 2. The van der Waals surface area contributed by atoms with Gasteiger partial charge in [0.2, 0.25) is 41.4 Å². The van der Waals surface area contributed by atoms with Crippen LogP contribution >= 0.6 is 22.6 Å². The standard InChI is InChI=1S/C46H74IN9O10/c1-29(2)24-36-42(61)49-34(41(60)48-22-17-13-16-21-47)26-33(57)27-53(8)23-20-38(58)51-39(30(3)52-65)45(64)54(9)31(4)40(59)50-35(28-66-46(5,6)7)43(62)56(11)37(44(63)55(36)10)25-32-18-14-12-15-19-32/h12,14-15,18-19,29-31,34-37,39H,13,16-17,20-28H2,1-11H3,(H,48,60)(H,49,61)(H,50,59)(H,51,58)/t30-,31+,34?,35?,36?,37+,39+/m1/s1. The molecule has 1 aromatic rings. The van der Waals surface area contributed by atoms with E-state index in [0.717, 1.165) is 22.2 Å². The van der Waals surface area contributed by atoms with Gasteiger partial charge in [-0.05, 0) is 76.8 Å². The first kappa shape index (κ1) is 57.6. The lowest BCUT2D eigenvalue weighted by Gasteiger charge is -2.37. The summed E-state index contributed by atoms with van der Waals surface area (Å²) in [6, 6.07) is -0.0573. The SMILES string of the molecule is CC(C)CC1C(=O)NC(C(=O)NCCCCCI)CC(=O)CN(C)CCC(=O)N[C@@H]([C@@H](C)N=O)C(=O)N(C)[C@@H](C)C(=O)NC(COC(C)(C)C)C(=O)N(C)[C@@H](Cc2ccccc2)C(=O)N1C. The Morgan fingerprint density at radius 1 is 0.848 bits per heavy atom. The first-order valence-electron chi connectivity index (χ1n) is 22.7. The number of nitroso groups, excluding NO2 is 1. The number of carbonyl (C=O) groups is 8. The Hall–Kier alpha value is -4.57. The molecule has 0 bridgehead atoms. The summed E-state index contributed by atoms with van der Waals surface area (Å²) in [6.45, 7) is 11.6. The zero-order valence-electron chi connectivity index (χ0n) is 40.7. The van der Waals surface area contributed by atoms with Crippen LogP contribution < -0.4 is 21.3 Å². The summed E-state index contributed by atoms with van der Waals surface area (Å²) in [5.41, 5.74) is -0.0779. The van der Waals surface area contributed by atoms with E-state index in [1.807, 2.05) is 13.8 Å². The Morgan fingerprint density at radius 3 is 2.08 bits per heavy atom. The van der Waals surface area contributed by atoms with Gasteiger partial charge >= 0.3 is 0 Å². The molecule has 0 radical (unpaired) electrons. The van der Waals surface area contributed by atoms with Crippen molar-refractivity contribution in [3.63, 3.8) is 0 Å². The monoisotopic (exact) mass is 1040 g/mol. The van der Waals surface area contributed by atoms with Crippen LogP contribution in [0.1, 0.15) is 92.6 Å². The summed E-state index contributed by atoms with van der Waals surface area (Å²) in [4.78, 5) is 129. The Labute approximate surface area is 404 Å². The summed E-state index contributed by atoms with van der Waals surface area (Å²) in [6.07, 6.45) is 2.10. The second kappa shape index (κ2) is 27.9. The Bertz CT molecular complexity index is 1810. The van der Waals surface area contributed by atoms with Crippen molar-refractivity contribution in [2.45, 2.75) is 141 Å². The number of halogens is 1. The molecular weight excluding hydrogens is 965 g/mol. The van der Waals surface area contributed by atoms with Gasteiger partial charge in [0, 0.05) is 53.5 Å². The van der Waals surface area contributed by atoms with E-state index in [-0.39, 0.29) is 44.9 Å². The van der Waals surface area contributed by atoms with Gasteiger partial charge in [-0.1, -0.05) is 78.4 Å². The Balaban J connectivity index is 2.78. The molecule has 7 atom stereocenters. The molecule has 2 rings (SSSR count). The average molecular weight is 1040 g/mol. The predicted molar refractivity (Wildman–Crippen MR) is 259 cm³/mol. The molecule has 1 aromatic carbocycles. The molecule has 20 heteroatoms. The van der Waals surface area contributed by atoms with Crippen LogP contribution in [0.15, 0.2) is 35.5 Å². The van der Waals surface area contributed by atoms with Crippen LogP contribution in [-0.4, -0.2) is 173 Å². The van der Waals surface area contributed by atoms with Crippen molar-refractivity contribution < 1.29 is 43.1 Å². The van der Waals surface area contributed by atoms with Crippen molar-refractivity contribution in [2.24, 2.45) is 11.1 Å². The zero-order valence-corrected chi connectivity index (χ0v) is 42.8. The lowest BCUT2D eigenvalue weighted by atomic mass is 9.98. The quantitative estimate of drug-likeness (QED) is 0.0913. The minimum Gasteiger partial charge on any atom is -0.373 e. The maximum Gasteiger partial charge on any atom is 0.247 e. The lowest BCUT2D eigenvalue weighted by Crippen LogP contribution is -2.61. The maximum absolute atomic E-state index is 14.9. The fourth-order valence-electron chi connectivity index (χ4n) is 7.16. The average Bonchev–Trinajstić information content (AvgIpc) is 3.26. The van der Waals surface area contributed by atoms with Gasteiger partial charge in [0.15, 0.2) is 0 Å².